The fourth-order valence-corrected chi connectivity index (χ4v) is 2.75. The summed E-state index contributed by atoms with van der Waals surface area (Å²) in [5, 5.41) is 14.4. The summed E-state index contributed by atoms with van der Waals surface area (Å²) >= 11 is 0. The maximum atomic E-state index is 11.3. The summed E-state index contributed by atoms with van der Waals surface area (Å²) in [7, 11) is 0. The van der Waals surface area contributed by atoms with Crippen molar-refractivity contribution in [3.05, 3.63) is 33.4 Å². The van der Waals surface area contributed by atoms with E-state index in [9.17, 15) is 14.9 Å². The average Bonchev–Trinajstić information content (AvgIpc) is 2.42. The van der Waals surface area contributed by atoms with Crippen LogP contribution in [-0.4, -0.2) is 34.9 Å². The van der Waals surface area contributed by atoms with Crippen molar-refractivity contribution in [3.63, 3.8) is 0 Å². The van der Waals surface area contributed by atoms with Gasteiger partial charge in [0.05, 0.1) is 4.92 Å². The number of nitro groups is 1. The number of hydrogen-bond acceptors (Lipinski definition) is 4. The van der Waals surface area contributed by atoms with Gasteiger partial charge in [0.25, 0.3) is 5.69 Å². The number of aryl methyl sites for hydroxylation is 2. The lowest BCUT2D eigenvalue weighted by atomic mass is 10.0. The van der Waals surface area contributed by atoms with Crippen LogP contribution < -0.4 is 5.32 Å². The highest BCUT2D eigenvalue weighted by molar-refractivity contribution is 5.73. The van der Waals surface area contributed by atoms with Crippen LogP contribution >= 0.6 is 0 Å². The van der Waals surface area contributed by atoms with Gasteiger partial charge in [-0.05, 0) is 38.3 Å². The molecule has 1 aromatic rings. The van der Waals surface area contributed by atoms with Gasteiger partial charge >= 0.3 is 0 Å². The molecule has 1 aromatic carbocycles. The number of amides is 1. The third kappa shape index (κ3) is 3.51. The van der Waals surface area contributed by atoms with Gasteiger partial charge in [-0.15, -0.1) is 0 Å². The second-order valence-corrected chi connectivity index (χ2v) is 5.64. The molecule has 0 radical (unpaired) electrons. The summed E-state index contributed by atoms with van der Waals surface area (Å²) in [5.41, 5.74) is 2.64. The molecule has 1 heterocycles. The molecule has 1 saturated heterocycles. The van der Waals surface area contributed by atoms with E-state index in [0.29, 0.717) is 5.56 Å². The Morgan fingerprint density at radius 2 is 1.90 bits per heavy atom. The Morgan fingerprint density at radius 3 is 2.43 bits per heavy atom. The summed E-state index contributed by atoms with van der Waals surface area (Å²) in [4.78, 5) is 23.8. The molecular formula is C15H21N3O3. The van der Waals surface area contributed by atoms with Gasteiger partial charge in [0, 0.05) is 43.4 Å². The molecule has 0 atom stereocenters. The molecule has 6 heteroatoms. The second-order valence-electron chi connectivity index (χ2n) is 5.64. The number of piperidine rings is 1. The van der Waals surface area contributed by atoms with Crippen LogP contribution in [0.25, 0.3) is 0 Å². The molecule has 1 amide bonds. The Kier molecular flexibility index (Phi) is 4.45. The first-order chi connectivity index (χ1) is 9.88. The van der Waals surface area contributed by atoms with Gasteiger partial charge in [-0.3, -0.25) is 14.9 Å². The van der Waals surface area contributed by atoms with Crippen molar-refractivity contribution < 1.29 is 9.72 Å². The molecule has 2 rings (SSSR count). The topological polar surface area (TPSA) is 75.5 Å². The van der Waals surface area contributed by atoms with E-state index in [1.165, 1.54) is 0 Å². The minimum atomic E-state index is -0.349. The highest BCUT2D eigenvalue weighted by atomic mass is 16.6. The van der Waals surface area contributed by atoms with Gasteiger partial charge < -0.3 is 10.2 Å². The van der Waals surface area contributed by atoms with Crippen molar-refractivity contribution >= 4 is 17.3 Å². The summed E-state index contributed by atoms with van der Waals surface area (Å²) < 4.78 is 0. The van der Waals surface area contributed by atoms with Gasteiger partial charge in [-0.2, -0.15) is 0 Å². The first kappa shape index (κ1) is 15.3. The number of carbonyl (C=O) groups is 1. The predicted molar refractivity (Wildman–Crippen MR) is 81.5 cm³/mol. The van der Waals surface area contributed by atoms with Crippen LogP contribution in [0, 0.1) is 24.0 Å². The van der Waals surface area contributed by atoms with Crippen molar-refractivity contribution in [2.45, 2.75) is 39.7 Å². The molecule has 1 N–H and O–H groups in total. The number of anilines is 1. The maximum Gasteiger partial charge on any atom is 0.274 e. The number of rotatable bonds is 3. The second kappa shape index (κ2) is 6.11. The first-order valence-corrected chi connectivity index (χ1v) is 7.16. The molecule has 1 aliphatic rings. The Labute approximate surface area is 124 Å². The Balaban J connectivity index is 2.08. The summed E-state index contributed by atoms with van der Waals surface area (Å²) in [6, 6.07) is 3.70. The molecule has 6 nitrogen and oxygen atoms in total. The van der Waals surface area contributed by atoms with Crippen LogP contribution in [-0.2, 0) is 4.79 Å². The quantitative estimate of drug-likeness (QED) is 0.686. The number of benzene rings is 1. The van der Waals surface area contributed by atoms with Crippen molar-refractivity contribution in [2.75, 3.05) is 18.4 Å². The number of hydrogen-bond donors (Lipinski definition) is 1. The highest BCUT2D eigenvalue weighted by Gasteiger charge is 2.22. The standard InChI is InChI=1S/C15H21N3O3/c1-10-8-11(2)15(18(20)21)9-14(10)16-13-4-6-17(7-5-13)12(3)19/h8-9,13,16H,4-7H2,1-3H3. The van der Waals surface area contributed by atoms with Crippen LogP contribution in [0.5, 0.6) is 0 Å². The highest BCUT2D eigenvalue weighted by Crippen LogP contribution is 2.28. The van der Waals surface area contributed by atoms with E-state index in [2.05, 4.69) is 5.32 Å². The minimum absolute atomic E-state index is 0.107. The lowest BCUT2D eigenvalue weighted by Crippen LogP contribution is -2.41. The van der Waals surface area contributed by atoms with Crippen LogP contribution in [0.1, 0.15) is 30.9 Å². The number of nitro benzene ring substituents is 1. The van der Waals surface area contributed by atoms with Crippen molar-refractivity contribution in [3.8, 4) is 0 Å². The largest absolute Gasteiger partial charge is 0.382 e. The SMILES string of the molecule is CC(=O)N1CCC(Nc2cc([N+](=O)[O-])c(C)cc2C)CC1. The lowest BCUT2D eigenvalue weighted by molar-refractivity contribution is -0.385. The van der Waals surface area contributed by atoms with Gasteiger partial charge in [0.15, 0.2) is 0 Å². The molecule has 1 aliphatic heterocycles. The molecule has 21 heavy (non-hydrogen) atoms. The van der Waals surface area contributed by atoms with E-state index in [-0.39, 0.29) is 22.6 Å². The number of nitrogens with one attached hydrogen (secondary N) is 1. The lowest BCUT2D eigenvalue weighted by Gasteiger charge is -2.32. The molecule has 0 spiro atoms. The van der Waals surface area contributed by atoms with Crippen molar-refractivity contribution in [2.24, 2.45) is 0 Å². The van der Waals surface area contributed by atoms with E-state index in [1.54, 1.807) is 19.9 Å². The number of carbonyl (C=O) groups excluding carboxylic acids is 1. The van der Waals surface area contributed by atoms with Crippen molar-refractivity contribution in [1.82, 2.24) is 4.90 Å². The zero-order valence-electron chi connectivity index (χ0n) is 12.7. The molecule has 1 fully saturated rings. The zero-order valence-corrected chi connectivity index (χ0v) is 12.7. The van der Waals surface area contributed by atoms with E-state index in [0.717, 1.165) is 37.2 Å². The van der Waals surface area contributed by atoms with Crippen LogP contribution in [0.4, 0.5) is 11.4 Å². The van der Waals surface area contributed by atoms with Crippen LogP contribution in [0.2, 0.25) is 0 Å². The van der Waals surface area contributed by atoms with E-state index in [1.807, 2.05) is 17.9 Å². The fourth-order valence-electron chi connectivity index (χ4n) is 2.75. The van der Waals surface area contributed by atoms with Crippen LogP contribution in [0.15, 0.2) is 12.1 Å². The van der Waals surface area contributed by atoms with E-state index < -0.39 is 0 Å². The number of likely N-dealkylation sites (tertiary alicyclic amines) is 1. The maximum absolute atomic E-state index is 11.3. The Hall–Kier alpha value is -2.11. The first-order valence-electron chi connectivity index (χ1n) is 7.16. The van der Waals surface area contributed by atoms with Gasteiger partial charge in [0.2, 0.25) is 5.91 Å². The number of nitrogens with zero attached hydrogens (tertiary/aromatic N) is 2. The van der Waals surface area contributed by atoms with Gasteiger partial charge in [-0.1, -0.05) is 0 Å². The summed E-state index contributed by atoms with van der Waals surface area (Å²) in [6.07, 6.45) is 1.72. The van der Waals surface area contributed by atoms with Crippen LogP contribution in [0.3, 0.4) is 0 Å². The monoisotopic (exact) mass is 291 g/mol. The predicted octanol–water partition coefficient (Wildman–Crippen LogP) is 2.63. The molecule has 0 aliphatic carbocycles. The minimum Gasteiger partial charge on any atom is -0.382 e. The zero-order chi connectivity index (χ0) is 15.6. The average molecular weight is 291 g/mol. The smallest absolute Gasteiger partial charge is 0.274 e. The van der Waals surface area contributed by atoms with Gasteiger partial charge in [0.1, 0.15) is 0 Å². The molecule has 0 aromatic heterocycles. The van der Waals surface area contributed by atoms with E-state index in [4.69, 9.17) is 0 Å². The summed E-state index contributed by atoms with van der Waals surface area (Å²) in [6.45, 7) is 6.76. The third-order valence-corrected chi connectivity index (χ3v) is 4.04. The van der Waals surface area contributed by atoms with Gasteiger partial charge in [-0.25, -0.2) is 0 Å². The fraction of sp³-hybridized carbons (Fsp3) is 0.533. The Morgan fingerprint density at radius 1 is 1.29 bits per heavy atom. The van der Waals surface area contributed by atoms with E-state index >= 15 is 0 Å². The molecule has 0 unspecified atom stereocenters. The molecule has 0 bridgehead atoms. The molecular weight excluding hydrogens is 270 g/mol. The third-order valence-electron chi connectivity index (χ3n) is 4.04. The van der Waals surface area contributed by atoms with Crippen molar-refractivity contribution in [1.29, 1.82) is 0 Å². The molecule has 114 valence electrons. The Bertz CT molecular complexity index is 564. The molecule has 0 saturated carbocycles. The summed E-state index contributed by atoms with van der Waals surface area (Å²) in [5.74, 6) is 0.107. The normalized spacial score (nSPS) is 15.9.